The van der Waals surface area contributed by atoms with Crippen LogP contribution in [0.5, 0.6) is 5.75 Å². The first-order valence-corrected chi connectivity index (χ1v) is 8.96. The Morgan fingerprint density at radius 3 is 2.46 bits per heavy atom. The van der Waals surface area contributed by atoms with Crippen LogP contribution in [0.4, 0.5) is 10.5 Å². The van der Waals surface area contributed by atoms with Crippen molar-refractivity contribution in [2.24, 2.45) is 4.36 Å². The summed E-state index contributed by atoms with van der Waals surface area (Å²) in [5.74, 6) is -0.0229. The van der Waals surface area contributed by atoms with Crippen molar-refractivity contribution in [3.63, 3.8) is 0 Å². The second-order valence-electron chi connectivity index (χ2n) is 6.43. The SMILES string of the molecule is COc1cc(S(=O)(=NC(=O)OC(C)(C)C)C2CC2)ccc1[N+](=O)[O-]. The Morgan fingerprint density at radius 2 is 2.00 bits per heavy atom. The Morgan fingerprint density at radius 1 is 1.38 bits per heavy atom. The second-order valence-corrected chi connectivity index (χ2v) is 8.89. The van der Waals surface area contributed by atoms with Gasteiger partial charge in [-0.15, -0.1) is 4.36 Å². The number of nitrogens with zero attached hydrogens (tertiary/aromatic N) is 2. The van der Waals surface area contributed by atoms with E-state index in [1.807, 2.05) is 0 Å². The summed E-state index contributed by atoms with van der Waals surface area (Å²) in [6, 6.07) is 3.88. The van der Waals surface area contributed by atoms with Crippen molar-refractivity contribution in [2.45, 2.75) is 49.4 Å². The van der Waals surface area contributed by atoms with Crippen molar-refractivity contribution in [1.29, 1.82) is 0 Å². The molecule has 1 amide bonds. The maximum Gasteiger partial charge on any atom is 0.442 e. The molecular formula is C15H20N2O6S. The third-order valence-electron chi connectivity index (χ3n) is 3.27. The van der Waals surface area contributed by atoms with Crippen LogP contribution in [0.1, 0.15) is 33.6 Å². The van der Waals surface area contributed by atoms with Gasteiger partial charge in [-0.05, 0) is 39.7 Å². The average Bonchev–Trinajstić information content (AvgIpc) is 3.28. The number of ether oxygens (including phenoxy) is 2. The number of carbonyl (C=O) groups is 1. The lowest BCUT2D eigenvalue weighted by atomic mass is 10.2. The van der Waals surface area contributed by atoms with Gasteiger partial charge < -0.3 is 9.47 Å². The highest BCUT2D eigenvalue weighted by molar-refractivity contribution is 7.94. The molecule has 132 valence electrons. The van der Waals surface area contributed by atoms with Crippen LogP contribution in [0, 0.1) is 10.1 Å². The number of amides is 1. The molecule has 1 aromatic carbocycles. The summed E-state index contributed by atoms with van der Waals surface area (Å²) in [5, 5.41) is 10.7. The molecule has 2 rings (SSSR count). The van der Waals surface area contributed by atoms with Crippen LogP contribution in [-0.4, -0.2) is 33.2 Å². The molecule has 0 aromatic heterocycles. The third-order valence-corrected chi connectivity index (χ3v) is 5.99. The van der Waals surface area contributed by atoms with Crippen LogP contribution in [0.3, 0.4) is 0 Å². The number of rotatable bonds is 4. The van der Waals surface area contributed by atoms with Crippen LogP contribution < -0.4 is 4.74 Å². The van der Waals surface area contributed by atoms with Crippen molar-refractivity contribution in [3.8, 4) is 5.75 Å². The lowest BCUT2D eigenvalue weighted by Crippen LogP contribution is -2.23. The van der Waals surface area contributed by atoms with Crippen molar-refractivity contribution in [1.82, 2.24) is 0 Å². The highest BCUT2D eigenvalue weighted by atomic mass is 32.2. The maximum absolute atomic E-state index is 13.3. The molecule has 0 spiro atoms. The van der Waals surface area contributed by atoms with E-state index in [1.165, 1.54) is 25.3 Å². The van der Waals surface area contributed by atoms with Gasteiger partial charge in [0.2, 0.25) is 0 Å². The molecule has 24 heavy (non-hydrogen) atoms. The summed E-state index contributed by atoms with van der Waals surface area (Å²) < 4.78 is 27.2. The monoisotopic (exact) mass is 356 g/mol. The lowest BCUT2D eigenvalue weighted by Gasteiger charge is -2.18. The fourth-order valence-electron chi connectivity index (χ4n) is 2.09. The van der Waals surface area contributed by atoms with E-state index in [4.69, 9.17) is 9.47 Å². The molecule has 1 unspecified atom stereocenters. The number of hydrogen-bond donors (Lipinski definition) is 0. The van der Waals surface area contributed by atoms with Crippen LogP contribution in [0.25, 0.3) is 0 Å². The molecule has 1 saturated carbocycles. The van der Waals surface area contributed by atoms with E-state index in [2.05, 4.69) is 4.36 Å². The van der Waals surface area contributed by atoms with E-state index < -0.39 is 26.3 Å². The van der Waals surface area contributed by atoms with Gasteiger partial charge in [-0.2, -0.15) is 0 Å². The van der Waals surface area contributed by atoms with Crippen molar-refractivity contribution < 1.29 is 23.4 Å². The Labute approximate surface area is 140 Å². The van der Waals surface area contributed by atoms with Gasteiger partial charge in [0.1, 0.15) is 5.60 Å². The van der Waals surface area contributed by atoms with E-state index in [-0.39, 0.29) is 21.6 Å². The minimum Gasteiger partial charge on any atom is -0.490 e. The van der Waals surface area contributed by atoms with Gasteiger partial charge in [0, 0.05) is 17.4 Å². The van der Waals surface area contributed by atoms with Gasteiger partial charge >= 0.3 is 11.8 Å². The first-order valence-electron chi connectivity index (χ1n) is 7.38. The molecule has 1 fully saturated rings. The summed E-state index contributed by atoms with van der Waals surface area (Å²) in [6.07, 6.45) is 0.436. The van der Waals surface area contributed by atoms with Gasteiger partial charge in [0.25, 0.3) is 0 Å². The minimum atomic E-state index is -3.07. The van der Waals surface area contributed by atoms with Crippen LogP contribution in [-0.2, 0) is 14.5 Å². The Bertz CT molecular complexity index is 786. The molecule has 0 heterocycles. The first kappa shape index (κ1) is 18.2. The Balaban J connectivity index is 2.50. The number of nitro benzene ring substituents is 1. The summed E-state index contributed by atoms with van der Waals surface area (Å²) >= 11 is 0. The molecule has 0 N–H and O–H groups in total. The molecular weight excluding hydrogens is 336 g/mol. The van der Waals surface area contributed by atoms with E-state index in [9.17, 15) is 19.1 Å². The molecule has 1 aliphatic carbocycles. The fourth-order valence-corrected chi connectivity index (χ4v) is 4.30. The van der Waals surface area contributed by atoms with Crippen LogP contribution >= 0.6 is 0 Å². The first-order chi connectivity index (χ1) is 11.1. The van der Waals surface area contributed by atoms with Crippen molar-refractivity contribution >= 4 is 21.5 Å². The number of hydrogen-bond acceptors (Lipinski definition) is 6. The molecule has 1 aromatic rings. The van der Waals surface area contributed by atoms with Crippen molar-refractivity contribution in [2.75, 3.05) is 7.11 Å². The lowest BCUT2D eigenvalue weighted by molar-refractivity contribution is -0.385. The molecule has 1 atom stereocenters. The average molecular weight is 356 g/mol. The molecule has 0 radical (unpaired) electrons. The molecule has 0 aliphatic heterocycles. The summed E-state index contributed by atoms with van der Waals surface area (Å²) in [6.45, 7) is 5.07. The smallest absolute Gasteiger partial charge is 0.442 e. The highest BCUT2D eigenvalue weighted by Crippen LogP contribution is 2.38. The number of benzene rings is 1. The van der Waals surface area contributed by atoms with Gasteiger partial charge in [-0.1, -0.05) is 0 Å². The zero-order valence-corrected chi connectivity index (χ0v) is 14.8. The molecule has 0 bridgehead atoms. The highest BCUT2D eigenvalue weighted by Gasteiger charge is 2.37. The zero-order valence-electron chi connectivity index (χ0n) is 14.0. The standard InChI is InChI=1S/C15H20N2O6S/c1-15(2,3)23-14(18)16-24(21,10-5-6-10)11-7-8-12(17(19)20)13(9-11)22-4/h7-10H,5-6H2,1-4H3. The third kappa shape index (κ3) is 4.02. The van der Waals surface area contributed by atoms with E-state index in [1.54, 1.807) is 20.8 Å². The normalized spacial score (nSPS) is 16.8. The summed E-state index contributed by atoms with van der Waals surface area (Å²) in [4.78, 5) is 22.6. The quantitative estimate of drug-likeness (QED) is 0.603. The Hall–Kier alpha value is -2.16. The predicted molar refractivity (Wildman–Crippen MR) is 87.7 cm³/mol. The molecule has 9 heteroatoms. The molecule has 0 saturated heterocycles. The summed E-state index contributed by atoms with van der Waals surface area (Å²) in [7, 11) is -1.78. The maximum atomic E-state index is 13.3. The minimum absolute atomic E-state index is 0.0229. The number of nitro groups is 1. The fraction of sp³-hybridized carbons (Fsp3) is 0.533. The van der Waals surface area contributed by atoms with Gasteiger partial charge in [0.15, 0.2) is 5.75 Å². The number of carbonyl (C=O) groups excluding carboxylic acids is 1. The topological polar surface area (TPSA) is 108 Å². The van der Waals surface area contributed by atoms with Gasteiger partial charge in [-0.25, -0.2) is 9.00 Å². The molecule has 1 aliphatic rings. The van der Waals surface area contributed by atoms with Gasteiger partial charge in [-0.3, -0.25) is 10.1 Å². The summed E-state index contributed by atoms with van der Waals surface area (Å²) in [5.41, 5.74) is -0.992. The van der Waals surface area contributed by atoms with Crippen LogP contribution in [0.15, 0.2) is 27.5 Å². The van der Waals surface area contributed by atoms with E-state index in [0.29, 0.717) is 12.8 Å². The van der Waals surface area contributed by atoms with E-state index in [0.717, 1.165) is 0 Å². The predicted octanol–water partition coefficient (Wildman–Crippen LogP) is 3.53. The van der Waals surface area contributed by atoms with Crippen molar-refractivity contribution in [3.05, 3.63) is 28.3 Å². The Kier molecular flexibility index (Phi) is 4.84. The van der Waals surface area contributed by atoms with Gasteiger partial charge in [0.05, 0.1) is 26.7 Å². The largest absolute Gasteiger partial charge is 0.490 e. The number of methoxy groups -OCH3 is 1. The molecule has 8 nitrogen and oxygen atoms in total. The van der Waals surface area contributed by atoms with Crippen LogP contribution in [0.2, 0.25) is 0 Å². The van der Waals surface area contributed by atoms with E-state index >= 15 is 0 Å². The zero-order chi connectivity index (χ0) is 18.1. The second kappa shape index (κ2) is 6.39.